The third-order valence-corrected chi connectivity index (χ3v) is 5.83. The maximum absolute atomic E-state index is 13.3. The minimum atomic E-state index is -0.419. The number of aromatic nitrogens is 1. The molecule has 0 aliphatic heterocycles. The van der Waals surface area contributed by atoms with Gasteiger partial charge in [-0.1, -0.05) is 18.2 Å². The molecule has 0 fully saturated rings. The van der Waals surface area contributed by atoms with E-state index < -0.39 is 11.8 Å². The molecule has 0 aliphatic carbocycles. The first-order chi connectivity index (χ1) is 16.3. The Morgan fingerprint density at radius 3 is 2.38 bits per heavy atom. The molecule has 0 saturated heterocycles. The van der Waals surface area contributed by atoms with Crippen molar-refractivity contribution in [1.29, 1.82) is 0 Å². The Morgan fingerprint density at radius 2 is 1.65 bits per heavy atom. The predicted molar refractivity (Wildman–Crippen MR) is 132 cm³/mol. The van der Waals surface area contributed by atoms with E-state index in [1.54, 1.807) is 7.11 Å². The third-order valence-electron chi connectivity index (χ3n) is 5.83. The molecule has 0 aliphatic rings. The lowest BCUT2D eigenvalue weighted by Gasteiger charge is -2.24. The Kier molecular flexibility index (Phi) is 6.63. The van der Waals surface area contributed by atoms with Crippen LogP contribution in [0.3, 0.4) is 0 Å². The van der Waals surface area contributed by atoms with E-state index in [1.165, 1.54) is 29.2 Å². The van der Waals surface area contributed by atoms with E-state index in [2.05, 4.69) is 10.3 Å². The van der Waals surface area contributed by atoms with Crippen molar-refractivity contribution in [3.8, 4) is 5.75 Å². The lowest BCUT2D eigenvalue weighted by atomic mass is 10.0. The smallest absolute Gasteiger partial charge is 0.322 e. The molecule has 3 aromatic carbocycles. The van der Waals surface area contributed by atoms with Gasteiger partial charge in [-0.05, 0) is 78.9 Å². The second kappa shape index (κ2) is 9.79. The van der Waals surface area contributed by atoms with Crippen molar-refractivity contribution < 1.29 is 13.9 Å². The number of ether oxygens (including phenoxy) is 1. The number of fused-ring (bicyclic) bond motifs is 1. The van der Waals surface area contributed by atoms with Crippen molar-refractivity contribution >= 4 is 22.6 Å². The van der Waals surface area contributed by atoms with Crippen LogP contribution >= 0.6 is 0 Å². The van der Waals surface area contributed by atoms with Crippen molar-refractivity contribution in [2.24, 2.45) is 0 Å². The molecule has 0 bridgehead atoms. The highest BCUT2D eigenvalue weighted by molar-refractivity contribution is 5.89. The molecule has 174 valence electrons. The summed E-state index contributed by atoms with van der Waals surface area (Å²) in [5.74, 6) is 0.248. The monoisotopic (exact) mass is 459 g/mol. The Balaban J connectivity index is 1.69. The molecule has 0 radical (unpaired) electrons. The number of urea groups is 1. The van der Waals surface area contributed by atoms with Gasteiger partial charge >= 0.3 is 6.03 Å². The fourth-order valence-electron chi connectivity index (χ4n) is 3.82. The first kappa shape index (κ1) is 23.0. The zero-order valence-corrected chi connectivity index (χ0v) is 19.3. The number of anilines is 1. The summed E-state index contributed by atoms with van der Waals surface area (Å²) >= 11 is 0. The third kappa shape index (κ3) is 5.09. The van der Waals surface area contributed by atoms with Crippen LogP contribution < -0.4 is 15.6 Å². The lowest BCUT2D eigenvalue weighted by Crippen LogP contribution is -2.35. The number of nitrogens with zero attached hydrogens (tertiary/aromatic N) is 1. The highest BCUT2D eigenvalue weighted by atomic mass is 19.1. The van der Waals surface area contributed by atoms with Gasteiger partial charge in [0.1, 0.15) is 11.6 Å². The van der Waals surface area contributed by atoms with Crippen LogP contribution in [0.1, 0.15) is 22.3 Å². The predicted octanol–water partition coefficient (Wildman–Crippen LogP) is 5.53. The van der Waals surface area contributed by atoms with Crippen LogP contribution in [-0.4, -0.2) is 23.0 Å². The first-order valence-electron chi connectivity index (χ1n) is 10.9. The van der Waals surface area contributed by atoms with Crippen LogP contribution in [-0.2, 0) is 13.1 Å². The van der Waals surface area contributed by atoms with Gasteiger partial charge in [0, 0.05) is 22.3 Å². The lowest BCUT2D eigenvalue weighted by molar-refractivity contribution is 0.205. The number of aromatic amines is 1. The van der Waals surface area contributed by atoms with Crippen LogP contribution in [0.5, 0.6) is 5.75 Å². The molecule has 6 nitrogen and oxygen atoms in total. The van der Waals surface area contributed by atoms with E-state index >= 15 is 0 Å². The van der Waals surface area contributed by atoms with Gasteiger partial charge in [0.15, 0.2) is 0 Å². The van der Waals surface area contributed by atoms with E-state index in [1.807, 2.05) is 56.3 Å². The van der Waals surface area contributed by atoms with Gasteiger partial charge in [-0.3, -0.25) is 4.79 Å². The maximum Gasteiger partial charge on any atom is 0.322 e. The number of hydrogen-bond acceptors (Lipinski definition) is 3. The topological polar surface area (TPSA) is 74.4 Å². The fourth-order valence-corrected chi connectivity index (χ4v) is 3.82. The number of amides is 2. The number of para-hydroxylation sites is 1. The summed E-state index contributed by atoms with van der Waals surface area (Å²) < 4.78 is 18.7. The molecule has 4 rings (SSSR count). The standard InChI is InChI=1S/C27H26FN3O3/c1-17-12-20-14-21(26(32)30-24(20)13-18(17)2)16-31(15-19-6-4-5-7-25(19)34-3)27(33)29-23-10-8-22(28)9-11-23/h4-14H,15-16H2,1-3H3,(H,29,33)(H,30,32). The number of benzene rings is 3. The Bertz CT molecular complexity index is 1400. The number of hydrogen-bond donors (Lipinski definition) is 2. The molecule has 2 amide bonds. The summed E-state index contributed by atoms with van der Waals surface area (Å²) in [7, 11) is 1.57. The van der Waals surface area contributed by atoms with Gasteiger partial charge in [-0.2, -0.15) is 0 Å². The summed E-state index contributed by atoms with van der Waals surface area (Å²) in [6.45, 7) is 4.30. The highest BCUT2D eigenvalue weighted by Gasteiger charge is 2.19. The molecule has 0 atom stereocenters. The Labute approximate surface area is 197 Å². The number of H-pyrrole nitrogens is 1. The Morgan fingerprint density at radius 1 is 0.971 bits per heavy atom. The number of rotatable bonds is 6. The molecule has 1 heterocycles. The molecule has 34 heavy (non-hydrogen) atoms. The Hall–Kier alpha value is -4.13. The summed E-state index contributed by atoms with van der Waals surface area (Å²) in [5.41, 5.74) is 4.41. The highest BCUT2D eigenvalue weighted by Crippen LogP contribution is 2.22. The van der Waals surface area contributed by atoms with Gasteiger partial charge in [-0.25, -0.2) is 9.18 Å². The van der Waals surface area contributed by atoms with Crippen molar-refractivity contribution in [2.45, 2.75) is 26.9 Å². The van der Waals surface area contributed by atoms with Gasteiger partial charge in [0.2, 0.25) is 0 Å². The maximum atomic E-state index is 13.3. The van der Waals surface area contributed by atoms with Crippen LogP contribution in [0, 0.1) is 19.7 Å². The molecular weight excluding hydrogens is 433 g/mol. The van der Waals surface area contributed by atoms with E-state index in [9.17, 15) is 14.0 Å². The molecular formula is C27H26FN3O3. The van der Waals surface area contributed by atoms with Crippen LogP contribution in [0.25, 0.3) is 10.9 Å². The summed E-state index contributed by atoms with van der Waals surface area (Å²) in [4.78, 5) is 30.6. The molecule has 0 saturated carbocycles. The average Bonchev–Trinajstić information content (AvgIpc) is 2.82. The van der Waals surface area contributed by atoms with Crippen molar-refractivity contribution in [3.05, 3.63) is 105 Å². The molecule has 0 unspecified atom stereocenters. The SMILES string of the molecule is COc1ccccc1CN(Cc1cc2cc(C)c(C)cc2[nH]c1=O)C(=O)Nc1ccc(F)cc1. The zero-order chi connectivity index (χ0) is 24.2. The van der Waals surface area contributed by atoms with Crippen LogP contribution in [0.2, 0.25) is 0 Å². The van der Waals surface area contributed by atoms with Gasteiger partial charge in [0.05, 0.1) is 20.2 Å². The van der Waals surface area contributed by atoms with E-state index in [4.69, 9.17) is 4.74 Å². The average molecular weight is 460 g/mol. The van der Waals surface area contributed by atoms with Gasteiger partial charge in [-0.15, -0.1) is 0 Å². The van der Waals surface area contributed by atoms with E-state index in [-0.39, 0.29) is 18.6 Å². The second-order valence-corrected chi connectivity index (χ2v) is 8.25. The summed E-state index contributed by atoms with van der Waals surface area (Å²) in [6, 6.07) is 18.3. The fraction of sp³-hybridized carbons (Fsp3) is 0.185. The first-order valence-corrected chi connectivity index (χ1v) is 10.9. The van der Waals surface area contributed by atoms with Gasteiger partial charge < -0.3 is 19.9 Å². The molecule has 7 heteroatoms. The second-order valence-electron chi connectivity index (χ2n) is 8.25. The summed E-state index contributed by atoms with van der Waals surface area (Å²) in [5, 5.41) is 3.68. The zero-order valence-electron chi connectivity index (χ0n) is 19.3. The van der Waals surface area contributed by atoms with Crippen LogP contribution in [0.4, 0.5) is 14.9 Å². The van der Waals surface area contributed by atoms with Crippen molar-refractivity contribution in [1.82, 2.24) is 9.88 Å². The number of pyridine rings is 1. The van der Waals surface area contributed by atoms with Crippen molar-refractivity contribution in [3.63, 3.8) is 0 Å². The van der Waals surface area contributed by atoms with Crippen molar-refractivity contribution in [2.75, 3.05) is 12.4 Å². The normalized spacial score (nSPS) is 10.8. The minimum absolute atomic E-state index is 0.0727. The summed E-state index contributed by atoms with van der Waals surface area (Å²) in [6.07, 6.45) is 0. The van der Waals surface area contributed by atoms with E-state index in [0.29, 0.717) is 17.0 Å². The number of halogens is 1. The molecule has 0 spiro atoms. The van der Waals surface area contributed by atoms with Gasteiger partial charge in [0.25, 0.3) is 5.56 Å². The van der Waals surface area contributed by atoms with Crippen LogP contribution in [0.15, 0.2) is 71.5 Å². The molecule has 2 N–H and O–H groups in total. The number of aryl methyl sites for hydroxylation is 2. The number of carbonyl (C=O) groups is 1. The molecule has 1 aromatic heterocycles. The molecule has 4 aromatic rings. The number of methoxy groups -OCH3 is 1. The largest absolute Gasteiger partial charge is 0.496 e. The number of carbonyl (C=O) groups excluding carboxylic acids is 1. The quantitative estimate of drug-likeness (QED) is 0.398. The van der Waals surface area contributed by atoms with E-state index in [0.717, 1.165) is 27.6 Å². The minimum Gasteiger partial charge on any atom is -0.496 e. The number of nitrogens with one attached hydrogen (secondary N) is 2.